The third-order valence-corrected chi connectivity index (χ3v) is 2.85. The van der Waals surface area contributed by atoms with Crippen molar-refractivity contribution in [3.63, 3.8) is 0 Å². The summed E-state index contributed by atoms with van der Waals surface area (Å²) in [5.74, 6) is 0. The number of nitrogens with zero attached hydrogens (tertiary/aromatic N) is 4. The highest BCUT2D eigenvalue weighted by Gasteiger charge is 2.33. The summed E-state index contributed by atoms with van der Waals surface area (Å²) in [6.45, 7) is -0.108. The Balaban J connectivity index is 2.39. The lowest BCUT2D eigenvalue weighted by Gasteiger charge is -2.12. The van der Waals surface area contributed by atoms with Crippen LogP contribution >= 0.6 is 15.9 Å². The van der Waals surface area contributed by atoms with Crippen molar-refractivity contribution in [1.82, 2.24) is 15.0 Å². The Morgan fingerprint density at radius 1 is 1.37 bits per heavy atom. The van der Waals surface area contributed by atoms with Crippen LogP contribution in [0.1, 0.15) is 16.8 Å². The molecule has 4 nitrogen and oxygen atoms in total. The van der Waals surface area contributed by atoms with E-state index in [0.29, 0.717) is 4.47 Å². The SMILES string of the molecule is N#Cc1cn(Cc2cc(Br)ccc2C(F)(F)F)nn1. The lowest BCUT2D eigenvalue weighted by atomic mass is 10.1. The van der Waals surface area contributed by atoms with Gasteiger partial charge in [-0.15, -0.1) is 5.10 Å². The number of halogens is 4. The molecular weight excluding hydrogens is 325 g/mol. The highest BCUT2D eigenvalue weighted by atomic mass is 79.9. The van der Waals surface area contributed by atoms with Gasteiger partial charge in [-0.1, -0.05) is 21.1 Å². The maximum atomic E-state index is 12.8. The predicted molar refractivity (Wildman–Crippen MR) is 63.0 cm³/mol. The largest absolute Gasteiger partial charge is 0.416 e. The summed E-state index contributed by atoms with van der Waals surface area (Å²) in [6, 6.07) is 5.46. The van der Waals surface area contributed by atoms with Crippen molar-refractivity contribution in [2.24, 2.45) is 0 Å². The molecule has 0 radical (unpaired) electrons. The number of hydrogen-bond acceptors (Lipinski definition) is 3. The molecule has 0 saturated carbocycles. The lowest BCUT2D eigenvalue weighted by Crippen LogP contribution is -2.12. The molecule has 0 fully saturated rings. The highest BCUT2D eigenvalue weighted by molar-refractivity contribution is 9.10. The topological polar surface area (TPSA) is 54.5 Å². The molecule has 0 spiro atoms. The van der Waals surface area contributed by atoms with Crippen LogP contribution in [0.25, 0.3) is 0 Å². The van der Waals surface area contributed by atoms with Gasteiger partial charge in [-0.05, 0) is 23.8 Å². The van der Waals surface area contributed by atoms with Gasteiger partial charge in [0.05, 0.1) is 18.3 Å². The Morgan fingerprint density at radius 2 is 2.11 bits per heavy atom. The van der Waals surface area contributed by atoms with E-state index in [1.54, 1.807) is 6.07 Å². The van der Waals surface area contributed by atoms with Gasteiger partial charge in [-0.25, -0.2) is 4.68 Å². The molecule has 1 aromatic carbocycles. The summed E-state index contributed by atoms with van der Waals surface area (Å²) in [5.41, 5.74) is -0.621. The monoisotopic (exact) mass is 330 g/mol. The van der Waals surface area contributed by atoms with E-state index in [9.17, 15) is 13.2 Å². The minimum Gasteiger partial charge on any atom is -0.247 e. The standard InChI is InChI=1S/C11H6BrF3N4/c12-8-1-2-10(11(13,14)15)7(3-8)5-19-6-9(4-16)17-18-19/h1-3,6H,5H2. The molecule has 0 bridgehead atoms. The second kappa shape index (κ2) is 5.01. The summed E-state index contributed by atoms with van der Waals surface area (Å²) in [5, 5.41) is 15.7. The summed E-state index contributed by atoms with van der Waals surface area (Å²) in [4.78, 5) is 0. The van der Waals surface area contributed by atoms with Gasteiger partial charge >= 0.3 is 6.18 Å². The van der Waals surface area contributed by atoms with Crippen LogP contribution in [-0.4, -0.2) is 15.0 Å². The van der Waals surface area contributed by atoms with Gasteiger partial charge in [0.2, 0.25) is 0 Å². The second-order valence-electron chi connectivity index (χ2n) is 3.71. The van der Waals surface area contributed by atoms with Crippen LogP contribution in [0.15, 0.2) is 28.9 Å². The van der Waals surface area contributed by atoms with Gasteiger partial charge < -0.3 is 0 Å². The minimum absolute atomic E-state index is 0.0521. The first-order valence-electron chi connectivity index (χ1n) is 5.06. The van der Waals surface area contributed by atoms with Crippen molar-refractivity contribution in [3.8, 4) is 6.07 Å². The fourth-order valence-corrected chi connectivity index (χ4v) is 1.98. The normalized spacial score (nSPS) is 11.3. The van der Waals surface area contributed by atoms with Crippen LogP contribution in [0.5, 0.6) is 0 Å². The third kappa shape index (κ3) is 3.12. The van der Waals surface area contributed by atoms with Crippen molar-refractivity contribution in [2.45, 2.75) is 12.7 Å². The number of benzene rings is 1. The molecule has 0 aliphatic rings. The molecule has 0 amide bonds. The first-order valence-corrected chi connectivity index (χ1v) is 5.85. The van der Waals surface area contributed by atoms with E-state index in [0.717, 1.165) is 6.07 Å². The molecular formula is C11H6BrF3N4. The van der Waals surface area contributed by atoms with Gasteiger partial charge in [0.25, 0.3) is 0 Å². The summed E-state index contributed by atoms with van der Waals surface area (Å²) >= 11 is 3.13. The van der Waals surface area contributed by atoms with Crippen molar-refractivity contribution in [1.29, 1.82) is 5.26 Å². The van der Waals surface area contributed by atoms with E-state index in [1.807, 2.05) is 0 Å². The number of hydrogen-bond donors (Lipinski definition) is 0. The molecule has 0 aliphatic heterocycles. The maximum absolute atomic E-state index is 12.8. The van der Waals surface area contributed by atoms with Crippen LogP contribution in [0.2, 0.25) is 0 Å². The number of alkyl halides is 3. The second-order valence-corrected chi connectivity index (χ2v) is 4.63. The number of rotatable bonds is 2. The van der Waals surface area contributed by atoms with Gasteiger partial charge in [-0.3, -0.25) is 0 Å². The molecule has 1 aromatic heterocycles. The molecule has 1 heterocycles. The van der Waals surface area contributed by atoms with E-state index in [1.165, 1.54) is 23.0 Å². The third-order valence-electron chi connectivity index (χ3n) is 2.36. The summed E-state index contributed by atoms with van der Waals surface area (Å²) in [7, 11) is 0. The quantitative estimate of drug-likeness (QED) is 0.850. The molecule has 2 aromatic rings. The zero-order chi connectivity index (χ0) is 14.0. The fourth-order valence-electron chi connectivity index (χ4n) is 1.57. The fraction of sp³-hybridized carbons (Fsp3) is 0.182. The average Bonchev–Trinajstić information content (AvgIpc) is 2.75. The first-order chi connectivity index (χ1) is 8.90. The molecule has 8 heteroatoms. The van der Waals surface area contributed by atoms with Gasteiger partial charge in [0, 0.05) is 4.47 Å². The Bertz CT molecular complexity index is 642. The van der Waals surface area contributed by atoms with Crippen LogP contribution in [0, 0.1) is 11.3 Å². The van der Waals surface area contributed by atoms with E-state index in [4.69, 9.17) is 5.26 Å². The van der Waals surface area contributed by atoms with E-state index in [2.05, 4.69) is 26.2 Å². The molecule has 98 valence electrons. The Labute approximate surface area is 114 Å². The number of aromatic nitrogens is 3. The van der Waals surface area contributed by atoms with E-state index < -0.39 is 11.7 Å². The zero-order valence-electron chi connectivity index (χ0n) is 9.32. The lowest BCUT2D eigenvalue weighted by molar-refractivity contribution is -0.138. The van der Waals surface area contributed by atoms with Gasteiger partial charge in [0.1, 0.15) is 6.07 Å². The molecule has 0 unspecified atom stereocenters. The smallest absolute Gasteiger partial charge is 0.247 e. The minimum atomic E-state index is -4.44. The molecule has 0 saturated heterocycles. The van der Waals surface area contributed by atoms with Crippen LogP contribution in [0.4, 0.5) is 13.2 Å². The Morgan fingerprint density at radius 3 is 2.68 bits per heavy atom. The molecule has 0 aliphatic carbocycles. The van der Waals surface area contributed by atoms with Gasteiger partial charge in [-0.2, -0.15) is 18.4 Å². The van der Waals surface area contributed by atoms with Crippen LogP contribution in [-0.2, 0) is 12.7 Å². The molecule has 0 N–H and O–H groups in total. The maximum Gasteiger partial charge on any atom is 0.416 e. The first kappa shape index (κ1) is 13.5. The van der Waals surface area contributed by atoms with E-state index >= 15 is 0 Å². The van der Waals surface area contributed by atoms with Crippen LogP contribution in [0.3, 0.4) is 0 Å². The van der Waals surface area contributed by atoms with Crippen molar-refractivity contribution < 1.29 is 13.2 Å². The number of nitriles is 1. The van der Waals surface area contributed by atoms with Crippen molar-refractivity contribution in [3.05, 3.63) is 45.7 Å². The molecule has 2 rings (SSSR count). The molecule has 0 atom stereocenters. The van der Waals surface area contributed by atoms with Crippen LogP contribution < -0.4 is 0 Å². The summed E-state index contributed by atoms with van der Waals surface area (Å²) in [6.07, 6.45) is -3.14. The van der Waals surface area contributed by atoms with E-state index in [-0.39, 0.29) is 17.8 Å². The zero-order valence-corrected chi connectivity index (χ0v) is 10.9. The Kier molecular flexibility index (Phi) is 3.57. The highest BCUT2D eigenvalue weighted by Crippen LogP contribution is 2.33. The van der Waals surface area contributed by atoms with Crippen molar-refractivity contribution in [2.75, 3.05) is 0 Å². The Hall–Kier alpha value is -1.88. The molecule has 19 heavy (non-hydrogen) atoms. The predicted octanol–water partition coefficient (Wildman–Crippen LogP) is 2.98. The van der Waals surface area contributed by atoms with Gasteiger partial charge in [0.15, 0.2) is 5.69 Å². The average molecular weight is 331 g/mol. The summed E-state index contributed by atoms with van der Waals surface area (Å²) < 4.78 is 40.3. The van der Waals surface area contributed by atoms with Crippen molar-refractivity contribution >= 4 is 15.9 Å².